The summed E-state index contributed by atoms with van der Waals surface area (Å²) in [6.45, 7) is 9.77. The average molecular weight is 406 g/mol. The molecule has 0 unspecified atom stereocenters. The number of unbranched alkanes of at least 4 members (excludes halogenated alkanes) is 1. The van der Waals surface area contributed by atoms with Crippen molar-refractivity contribution >= 4 is 7.60 Å². The predicted molar refractivity (Wildman–Crippen MR) is 113 cm³/mol. The second-order valence-electron chi connectivity index (χ2n) is 7.10. The topological polar surface area (TPSA) is 54.0 Å². The summed E-state index contributed by atoms with van der Waals surface area (Å²) in [6.07, 6.45) is 1.85. The van der Waals surface area contributed by atoms with Gasteiger partial charge in [0.15, 0.2) is 23.0 Å². The van der Waals surface area contributed by atoms with E-state index in [1.165, 1.54) is 0 Å². The minimum absolute atomic E-state index is 0.0270. The molecular formula is C22H31O5P. The number of benzene rings is 2. The van der Waals surface area contributed by atoms with Gasteiger partial charge in [0.05, 0.1) is 18.4 Å². The van der Waals surface area contributed by atoms with Crippen molar-refractivity contribution in [1.82, 2.24) is 0 Å². The monoisotopic (exact) mass is 406 g/mol. The van der Waals surface area contributed by atoms with Crippen molar-refractivity contribution in [1.29, 1.82) is 0 Å². The minimum atomic E-state index is -3.48. The predicted octanol–water partition coefficient (Wildman–Crippen LogP) is 6.71. The maximum Gasteiger partial charge on any atom is 0.430 e. The van der Waals surface area contributed by atoms with E-state index in [1.54, 1.807) is 24.3 Å². The quantitative estimate of drug-likeness (QED) is 0.388. The summed E-state index contributed by atoms with van der Waals surface area (Å²) in [5.74, 6) is 1.92. The first kappa shape index (κ1) is 22.2. The first-order chi connectivity index (χ1) is 13.3. The van der Waals surface area contributed by atoms with Crippen LogP contribution < -0.4 is 18.5 Å². The molecule has 0 radical (unpaired) electrons. The van der Waals surface area contributed by atoms with Crippen molar-refractivity contribution in [2.45, 2.75) is 59.7 Å². The van der Waals surface area contributed by atoms with Crippen LogP contribution in [0.25, 0.3) is 0 Å². The fourth-order valence-electron chi connectivity index (χ4n) is 2.52. The van der Waals surface area contributed by atoms with Crippen LogP contribution in [-0.2, 0) is 4.57 Å². The number of hydrogen-bond donors (Lipinski definition) is 0. The first-order valence-corrected chi connectivity index (χ1v) is 11.6. The van der Waals surface area contributed by atoms with E-state index in [9.17, 15) is 4.57 Å². The van der Waals surface area contributed by atoms with Crippen molar-refractivity contribution in [3.8, 4) is 23.0 Å². The molecule has 154 valence electrons. The maximum atomic E-state index is 13.6. The maximum absolute atomic E-state index is 13.6. The Balaban J connectivity index is 2.32. The average Bonchev–Trinajstić information content (AvgIpc) is 2.63. The first-order valence-electron chi connectivity index (χ1n) is 9.82. The SMILES string of the molecule is CCCCP(=O)(Oc1ccccc1OC(C)C)Oc1ccccc1OC(C)C. The normalized spacial score (nSPS) is 11.5. The van der Waals surface area contributed by atoms with Gasteiger partial charge in [-0.3, -0.25) is 0 Å². The highest BCUT2D eigenvalue weighted by atomic mass is 31.2. The van der Waals surface area contributed by atoms with Gasteiger partial charge in [-0.25, -0.2) is 4.57 Å². The lowest BCUT2D eigenvalue weighted by molar-refractivity contribution is 0.230. The number of rotatable bonds is 11. The third-order valence-electron chi connectivity index (χ3n) is 3.68. The van der Waals surface area contributed by atoms with E-state index < -0.39 is 7.60 Å². The zero-order valence-corrected chi connectivity index (χ0v) is 18.3. The third kappa shape index (κ3) is 6.79. The Bertz CT molecular complexity index is 729. The summed E-state index contributed by atoms with van der Waals surface area (Å²) < 4.78 is 37.1. The van der Waals surface area contributed by atoms with Gasteiger partial charge in [-0.15, -0.1) is 0 Å². The smallest absolute Gasteiger partial charge is 0.430 e. The van der Waals surface area contributed by atoms with Gasteiger partial charge >= 0.3 is 7.60 Å². The number of hydrogen-bond acceptors (Lipinski definition) is 5. The van der Waals surface area contributed by atoms with E-state index in [0.717, 1.165) is 12.8 Å². The van der Waals surface area contributed by atoms with Crippen molar-refractivity contribution in [3.05, 3.63) is 48.5 Å². The molecule has 0 N–H and O–H groups in total. The van der Waals surface area contributed by atoms with E-state index >= 15 is 0 Å². The third-order valence-corrected chi connectivity index (χ3v) is 5.50. The van der Waals surface area contributed by atoms with Crippen LogP contribution in [-0.4, -0.2) is 18.4 Å². The van der Waals surface area contributed by atoms with Gasteiger partial charge < -0.3 is 18.5 Å². The van der Waals surface area contributed by atoms with Crippen LogP contribution in [0.3, 0.4) is 0 Å². The second kappa shape index (κ2) is 10.4. The van der Waals surface area contributed by atoms with E-state index in [4.69, 9.17) is 18.5 Å². The van der Waals surface area contributed by atoms with E-state index in [-0.39, 0.29) is 12.2 Å². The molecule has 0 aliphatic heterocycles. The zero-order valence-electron chi connectivity index (χ0n) is 17.4. The molecule has 0 heterocycles. The molecule has 0 aliphatic carbocycles. The molecule has 6 heteroatoms. The van der Waals surface area contributed by atoms with Gasteiger partial charge in [-0.05, 0) is 58.4 Å². The van der Waals surface area contributed by atoms with Crippen LogP contribution >= 0.6 is 7.60 Å². The Morgan fingerprint density at radius 3 is 1.50 bits per heavy atom. The number of para-hydroxylation sites is 4. The molecule has 0 saturated heterocycles. The molecule has 28 heavy (non-hydrogen) atoms. The molecule has 5 nitrogen and oxygen atoms in total. The standard InChI is InChI=1S/C22H31O5P/c1-6-7-16-28(23,26-21-14-10-8-12-19(21)24-17(2)3)27-22-15-11-9-13-20(22)25-18(4)5/h8-15,17-18H,6-7,16H2,1-5H3. The van der Waals surface area contributed by atoms with E-state index in [0.29, 0.717) is 29.2 Å². The van der Waals surface area contributed by atoms with Crippen molar-refractivity contribution in [2.24, 2.45) is 0 Å². The molecule has 0 amide bonds. The molecule has 2 aromatic carbocycles. The molecule has 2 aromatic rings. The number of ether oxygens (including phenoxy) is 2. The lowest BCUT2D eigenvalue weighted by atomic mass is 10.3. The summed E-state index contributed by atoms with van der Waals surface area (Å²) in [7, 11) is -3.48. The van der Waals surface area contributed by atoms with Crippen LogP contribution in [0.4, 0.5) is 0 Å². The van der Waals surface area contributed by atoms with Gasteiger partial charge in [0.2, 0.25) is 0 Å². The van der Waals surface area contributed by atoms with Crippen LogP contribution in [0.5, 0.6) is 23.0 Å². The van der Waals surface area contributed by atoms with Gasteiger partial charge in [-0.1, -0.05) is 37.6 Å². The molecule has 0 bridgehead atoms. The molecule has 2 rings (SSSR count). The molecule has 0 fully saturated rings. The Kier molecular flexibility index (Phi) is 8.25. The Hall–Kier alpha value is -2.13. The highest BCUT2D eigenvalue weighted by Crippen LogP contribution is 2.52. The van der Waals surface area contributed by atoms with Crippen molar-refractivity contribution < 1.29 is 23.1 Å². The minimum Gasteiger partial charge on any atom is -0.487 e. The fourth-order valence-corrected chi connectivity index (χ4v) is 4.34. The van der Waals surface area contributed by atoms with Crippen molar-refractivity contribution in [2.75, 3.05) is 6.16 Å². The summed E-state index contributed by atoms with van der Waals surface area (Å²) in [5.41, 5.74) is 0. The molecule has 0 atom stereocenters. The lowest BCUT2D eigenvalue weighted by Crippen LogP contribution is -2.11. The Morgan fingerprint density at radius 1 is 0.750 bits per heavy atom. The summed E-state index contributed by atoms with van der Waals surface area (Å²) in [4.78, 5) is 0. The highest BCUT2D eigenvalue weighted by Gasteiger charge is 2.30. The molecule has 0 aliphatic rings. The highest BCUT2D eigenvalue weighted by molar-refractivity contribution is 7.54. The summed E-state index contributed by atoms with van der Waals surface area (Å²) in [5, 5.41) is 0. The van der Waals surface area contributed by atoms with Crippen LogP contribution in [0.15, 0.2) is 48.5 Å². The van der Waals surface area contributed by atoms with Gasteiger partial charge in [0.1, 0.15) is 0 Å². The van der Waals surface area contributed by atoms with Gasteiger partial charge in [0, 0.05) is 0 Å². The largest absolute Gasteiger partial charge is 0.487 e. The molecule has 0 saturated carbocycles. The molecule has 0 aromatic heterocycles. The summed E-state index contributed by atoms with van der Waals surface area (Å²) in [6, 6.07) is 14.4. The van der Waals surface area contributed by atoms with Gasteiger partial charge in [-0.2, -0.15) is 0 Å². The van der Waals surface area contributed by atoms with E-state index in [1.807, 2.05) is 58.9 Å². The van der Waals surface area contributed by atoms with E-state index in [2.05, 4.69) is 0 Å². The zero-order chi connectivity index (χ0) is 20.6. The lowest BCUT2D eigenvalue weighted by Gasteiger charge is -2.23. The fraction of sp³-hybridized carbons (Fsp3) is 0.455. The van der Waals surface area contributed by atoms with Gasteiger partial charge in [0.25, 0.3) is 0 Å². The molecule has 0 spiro atoms. The Labute approximate surface area is 168 Å². The van der Waals surface area contributed by atoms with Crippen molar-refractivity contribution in [3.63, 3.8) is 0 Å². The van der Waals surface area contributed by atoms with Crippen LogP contribution in [0.2, 0.25) is 0 Å². The summed E-state index contributed by atoms with van der Waals surface area (Å²) >= 11 is 0. The Morgan fingerprint density at radius 2 is 1.14 bits per heavy atom. The van der Waals surface area contributed by atoms with Crippen LogP contribution in [0.1, 0.15) is 47.5 Å². The van der Waals surface area contributed by atoms with Crippen LogP contribution in [0, 0.1) is 0 Å². The molecular weight excluding hydrogens is 375 g/mol. The second-order valence-corrected chi connectivity index (χ2v) is 9.13.